The third-order valence-electron chi connectivity index (χ3n) is 2.97. The molecule has 0 aromatic heterocycles. The lowest BCUT2D eigenvalue weighted by molar-refractivity contribution is 0.316. The van der Waals surface area contributed by atoms with Gasteiger partial charge < -0.3 is 15.8 Å². The Bertz CT molecular complexity index is 390. The number of para-hydroxylation sites is 1. The fourth-order valence-electron chi connectivity index (χ4n) is 2.14. The number of fused-ring (bicyclic) bond motifs is 1. The van der Waals surface area contributed by atoms with E-state index in [1.807, 2.05) is 0 Å². The van der Waals surface area contributed by atoms with E-state index >= 15 is 0 Å². The van der Waals surface area contributed by atoms with E-state index in [0.29, 0.717) is 12.3 Å². The van der Waals surface area contributed by atoms with Crippen molar-refractivity contribution in [1.82, 2.24) is 0 Å². The van der Waals surface area contributed by atoms with E-state index in [2.05, 4.69) is 34.3 Å². The summed E-state index contributed by atoms with van der Waals surface area (Å²) in [7, 11) is 0. The van der Waals surface area contributed by atoms with E-state index < -0.39 is 0 Å². The third-order valence-corrected chi connectivity index (χ3v) is 2.97. The molecule has 86 valence electrons. The molecule has 1 heterocycles. The van der Waals surface area contributed by atoms with Crippen molar-refractivity contribution < 1.29 is 5.21 Å². The molecule has 4 nitrogen and oxygen atoms in total. The Balaban J connectivity index is 1.89. The molecule has 0 bridgehead atoms. The van der Waals surface area contributed by atoms with E-state index in [4.69, 9.17) is 10.9 Å². The highest BCUT2D eigenvalue weighted by Gasteiger charge is 2.17. The number of anilines is 1. The lowest BCUT2D eigenvalue weighted by atomic mass is 10.2. The van der Waals surface area contributed by atoms with Crippen LogP contribution in [-0.4, -0.2) is 24.1 Å². The molecule has 0 fully saturated rings. The standard InChI is InChI=1S/C12H17N3O/c13-12(14-16)6-3-8-15-9-7-10-4-1-2-5-11(10)15/h1-2,4-5,16H,3,6-9H2,(H2,13,14). The van der Waals surface area contributed by atoms with Crippen LogP contribution in [0.15, 0.2) is 29.4 Å². The number of nitrogens with zero attached hydrogens (tertiary/aromatic N) is 2. The number of hydrogen-bond acceptors (Lipinski definition) is 3. The Morgan fingerprint density at radius 3 is 3.06 bits per heavy atom. The number of hydrogen-bond donors (Lipinski definition) is 2. The predicted octanol–water partition coefficient (Wildman–Crippen LogP) is 1.58. The van der Waals surface area contributed by atoms with E-state index in [9.17, 15) is 0 Å². The van der Waals surface area contributed by atoms with Gasteiger partial charge in [0.2, 0.25) is 0 Å². The van der Waals surface area contributed by atoms with Crippen molar-refractivity contribution >= 4 is 11.5 Å². The first-order valence-electron chi connectivity index (χ1n) is 5.60. The van der Waals surface area contributed by atoms with Crippen LogP contribution in [0.3, 0.4) is 0 Å². The second-order valence-electron chi connectivity index (χ2n) is 4.06. The van der Waals surface area contributed by atoms with Crippen LogP contribution in [0.25, 0.3) is 0 Å². The highest BCUT2D eigenvalue weighted by Crippen LogP contribution is 2.27. The molecule has 3 N–H and O–H groups in total. The van der Waals surface area contributed by atoms with E-state index in [1.165, 1.54) is 11.3 Å². The molecule has 16 heavy (non-hydrogen) atoms. The largest absolute Gasteiger partial charge is 0.409 e. The summed E-state index contributed by atoms with van der Waals surface area (Å²) in [4.78, 5) is 2.36. The normalized spacial score (nSPS) is 15.2. The van der Waals surface area contributed by atoms with Crippen LogP contribution in [0.1, 0.15) is 18.4 Å². The molecule has 2 rings (SSSR count). The second kappa shape index (κ2) is 4.88. The summed E-state index contributed by atoms with van der Waals surface area (Å²) in [5, 5.41) is 11.4. The van der Waals surface area contributed by atoms with Gasteiger partial charge in [0.1, 0.15) is 5.84 Å². The predicted molar refractivity (Wildman–Crippen MR) is 65.0 cm³/mol. The van der Waals surface area contributed by atoms with Gasteiger partial charge in [-0.05, 0) is 24.5 Å². The van der Waals surface area contributed by atoms with Crippen molar-refractivity contribution in [2.45, 2.75) is 19.3 Å². The molecular weight excluding hydrogens is 202 g/mol. The van der Waals surface area contributed by atoms with E-state index in [0.717, 1.165) is 25.9 Å². The van der Waals surface area contributed by atoms with Gasteiger partial charge in [-0.25, -0.2) is 0 Å². The molecule has 1 aliphatic heterocycles. The summed E-state index contributed by atoms with van der Waals surface area (Å²) in [5.74, 6) is 0.312. The van der Waals surface area contributed by atoms with Crippen molar-refractivity contribution in [3.05, 3.63) is 29.8 Å². The van der Waals surface area contributed by atoms with Gasteiger partial charge in [-0.3, -0.25) is 0 Å². The lowest BCUT2D eigenvalue weighted by Gasteiger charge is -2.18. The summed E-state index contributed by atoms with van der Waals surface area (Å²) in [5.41, 5.74) is 8.19. The monoisotopic (exact) mass is 219 g/mol. The molecule has 0 atom stereocenters. The Kier molecular flexibility index (Phi) is 3.29. The van der Waals surface area contributed by atoms with Crippen molar-refractivity contribution in [2.75, 3.05) is 18.0 Å². The molecule has 1 aromatic rings. The molecule has 0 aliphatic carbocycles. The summed E-state index contributed by atoms with van der Waals surface area (Å²) >= 11 is 0. The van der Waals surface area contributed by atoms with Crippen molar-refractivity contribution in [2.24, 2.45) is 10.9 Å². The maximum atomic E-state index is 8.43. The fraction of sp³-hybridized carbons (Fsp3) is 0.417. The first-order chi connectivity index (χ1) is 7.81. The molecule has 0 radical (unpaired) electrons. The number of oxime groups is 1. The highest BCUT2D eigenvalue weighted by atomic mass is 16.4. The molecular formula is C12H17N3O. The van der Waals surface area contributed by atoms with Gasteiger partial charge in [0.05, 0.1) is 0 Å². The minimum atomic E-state index is 0.312. The van der Waals surface area contributed by atoms with Gasteiger partial charge in [0.15, 0.2) is 0 Å². The Morgan fingerprint density at radius 2 is 2.25 bits per heavy atom. The summed E-state index contributed by atoms with van der Waals surface area (Å²) in [6.07, 6.45) is 2.69. The molecule has 0 amide bonds. The summed E-state index contributed by atoms with van der Waals surface area (Å²) in [6.45, 7) is 2.04. The zero-order chi connectivity index (χ0) is 11.4. The van der Waals surface area contributed by atoms with Gasteiger partial charge in [-0.2, -0.15) is 0 Å². The number of rotatable bonds is 4. The Hall–Kier alpha value is -1.71. The van der Waals surface area contributed by atoms with Crippen LogP contribution >= 0.6 is 0 Å². The molecule has 0 saturated heterocycles. The second-order valence-corrected chi connectivity index (χ2v) is 4.06. The summed E-state index contributed by atoms with van der Waals surface area (Å²) < 4.78 is 0. The quantitative estimate of drug-likeness (QED) is 0.350. The van der Waals surface area contributed by atoms with Gasteiger partial charge in [0, 0.05) is 25.2 Å². The Morgan fingerprint density at radius 1 is 1.44 bits per heavy atom. The lowest BCUT2D eigenvalue weighted by Crippen LogP contribution is -2.23. The summed E-state index contributed by atoms with van der Waals surface area (Å²) in [6, 6.07) is 8.49. The minimum Gasteiger partial charge on any atom is -0.409 e. The van der Waals surface area contributed by atoms with Crippen LogP contribution in [0.4, 0.5) is 5.69 Å². The maximum absolute atomic E-state index is 8.43. The topological polar surface area (TPSA) is 61.8 Å². The molecule has 0 unspecified atom stereocenters. The number of nitrogens with two attached hydrogens (primary N) is 1. The number of amidine groups is 1. The van der Waals surface area contributed by atoms with Crippen LogP contribution in [0.2, 0.25) is 0 Å². The minimum absolute atomic E-state index is 0.312. The number of benzene rings is 1. The SMILES string of the molecule is NC(CCCN1CCc2ccccc21)=NO. The van der Waals surface area contributed by atoms with Crippen molar-refractivity contribution in [3.63, 3.8) is 0 Å². The van der Waals surface area contributed by atoms with Crippen molar-refractivity contribution in [3.8, 4) is 0 Å². The zero-order valence-corrected chi connectivity index (χ0v) is 9.26. The highest BCUT2D eigenvalue weighted by molar-refractivity contribution is 5.79. The average Bonchev–Trinajstić information content (AvgIpc) is 2.73. The van der Waals surface area contributed by atoms with Crippen LogP contribution < -0.4 is 10.6 Å². The maximum Gasteiger partial charge on any atom is 0.139 e. The van der Waals surface area contributed by atoms with Crippen LogP contribution in [0.5, 0.6) is 0 Å². The van der Waals surface area contributed by atoms with Crippen molar-refractivity contribution in [1.29, 1.82) is 0 Å². The first kappa shape index (κ1) is 10.8. The molecule has 4 heteroatoms. The average molecular weight is 219 g/mol. The molecule has 0 spiro atoms. The Labute approximate surface area is 95.4 Å². The fourth-order valence-corrected chi connectivity index (χ4v) is 2.14. The molecule has 1 aromatic carbocycles. The molecule has 0 saturated carbocycles. The van der Waals surface area contributed by atoms with Gasteiger partial charge in [0.25, 0.3) is 0 Å². The van der Waals surface area contributed by atoms with Crippen LogP contribution in [-0.2, 0) is 6.42 Å². The molecule has 1 aliphatic rings. The van der Waals surface area contributed by atoms with E-state index in [1.54, 1.807) is 0 Å². The third kappa shape index (κ3) is 2.27. The van der Waals surface area contributed by atoms with Gasteiger partial charge in [-0.15, -0.1) is 0 Å². The van der Waals surface area contributed by atoms with Gasteiger partial charge >= 0.3 is 0 Å². The van der Waals surface area contributed by atoms with Crippen LogP contribution in [0, 0.1) is 0 Å². The first-order valence-corrected chi connectivity index (χ1v) is 5.60. The van der Waals surface area contributed by atoms with E-state index in [-0.39, 0.29) is 0 Å². The van der Waals surface area contributed by atoms with Gasteiger partial charge in [-0.1, -0.05) is 23.4 Å². The smallest absolute Gasteiger partial charge is 0.139 e. The zero-order valence-electron chi connectivity index (χ0n) is 9.26.